The number of hydrogen-bond acceptors (Lipinski definition) is 7. The van der Waals surface area contributed by atoms with Crippen LogP contribution in [0.5, 0.6) is 11.5 Å². The predicted molar refractivity (Wildman–Crippen MR) is 114 cm³/mol. The number of morpholine rings is 1. The Morgan fingerprint density at radius 2 is 1.88 bits per heavy atom. The molecule has 0 saturated carbocycles. The number of nitrogens with zero attached hydrogens (tertiary/aromatic N) is 4. The third kappa shape index (κ3) is 4.26. The number of fused-ring (bicyclic) bond motifs is 1. The average molecular weight is 480 g/mol. The summed E-state index contributed by atoms with van der Waals surface area (Å²) in [5, 5.41) is 14.0. The summed E-state index contributed by atoms with van der Waals surface area (Å²) in [6, 6.07) is 3.78. The van der Waals surface area contributed by atoms with Gasteiger partial charge in [-0.3, -0.25) is 4.79 Å². The lowest BCUT2D eigenvalue weighted by Crippen LogP contribution is -2.40. The standard InChI is InChI=1S/C22H23F3N4O5/c1-12(30)14-8-13(9-17(32-2)19(14)33-3)16-10-18(22(23,24)25)29-20(27-16)15(11-26-29)21(31)28-4-6-34-7-5-28/h8-12,30H,4-7H2,1-3H3. The molecule has 0 spiro atoms. The smallest absolute Gasteiger partial charge is 0.433 e. The van der Waals surface area contributed by atoms with E-state index in [0.717, 1.165) is 12.3 Å². The number of hydrogen-bond donors (Lipinski definition) is 1. The summed E-state index contributed by atoms with van der Waals surface area (Å²) < 4.78 is 58.4. The van der Waals surface area contributed by atoms with Gasteiger partial charge in [-0.1, -0.05) is 0 Å². The minimum absolute atomic E-state index is 0.0505. The molecule has 12 heteroatoms. The van der Waals surface area contributed by atoms with Gasteiger partial charge in [0.05, 0.1) is 45.4 Å². The van der Waals surface area contributed by atoms with E-state index in [9.17, 15) is 23.1 Å². The lowest BCUT2D eigenvalue weighted by Gasteiger charge is -2.26. The van der Waals surface area contributed by atoms with Crippen LogP contribution in [0.1, 0.15) is 34.6 Å². The Morgan fingerprint density at radius 1 is 1.18 bits per heavy atom. The van der Waals surface area contributed by atoms with E-state index in [1.807, 2.05) is 0 Å². The van der Waals surface area contributed by atoms with Crippen LogP contribution in [-0.2, 0) is 10.9 Å². The van der Waals surface area contributed by atoms with Gasteiger partial charge >= 0.3 is 6.18 Å². The van der Waals surface area contributed by atoms with Crippen LogP contribution < -0.4 is 9.47 Å². The molecule has 9 nitrogen and oxygen atoms in total. The summed E-state index contributed by atoms with van der Waals surface area (Å²) >= 11 is 0. The van der Waals surface area contributed by atoms with E-state index in [0.29, 0.717) is 36.4 Å². The zero-order valence-corrected chi connectivity index (χ0v) is 18.7. The molecule has 34 heavy (non-hydrogen) atoms. The van der Waals surface area contributed by atoms with Crippen molar-refractivity contribution in [2.24, 2.45) is 0 Å². The van der Waals surface area contributed by atoms with E-state index in [-0.39, 0.29) is 34.0 Å². The Morgan fingerprint density at radius 3 is 2.47 bits per heavy atom. The summed E-state index contributed by atoms with van der Waals surface area (Å²) in [6.07, 6.45) is -4.68. The fourth-order valence-corrected chi connectivity index (χ4v) is 3.85. The second kappa shape index (κ2) is 9.11. The summed E-state index contributed by atoms with van der Waals surface area (Å²) in [4.78, 5) is 18.9. The molecule has 1 unspecified atom stereocenters. The van der Waals surface area contributed by atoms with Gasteiger partial charge in [-0.05, 0) is 25.1 Å². The number of amides is 1. The first-order valence-electron chi connectivity index (χ1n) is 10.4. The van der Waals surface area contributed by atoms with Gasteiger partial charge in [0.25, 0.3) is 5.91 Å². The molecule has 1 atom stereocenters. The summed E-state index contributed by atoms with van der Waals surface area (Å²) in [5.41, 5.74) is -0.890. The highest BCUT2D eigenvalue weighted by Gasteiger charge is 2.36. The normalized spacial score (nSPS) is 15.4. The van der Waals surface area contributed by atoms with Crippen LogP contribution in [0.2, 0.25) is 0 Å². The van der Waals surface area contributed by atoms with Gasteiger partial charge in [-0.15, -0.1) is 0 Å². The number of aromatic nitrogens is 3. The van der Waals surface area contributed by atoms with Gasteiger partial charge in [0, 0.05) is 24.2 Å². The predicted octanol–water partition coefficient (Wildman–Crippen LogP) is 2.96. The Bertz CT molecular complexity index is 1220. The number of halogens is 3. The molecule has 1 saturated heterocycles. The fourth-order valence-electron chi connectivity index (χ4n) is 3.85. The van der Waals surface area contributed by atoms with E-state index >= 15 is 0 Å². The quantitative estimate of drug-likeness (QED) is 0.600. The molecule has 3 heterocycles. The highest BCUT2D eigenvalue weighted by atomic mass is 19.4. The van der Waals surface area contributed by atoms with Gasteiger partial charge in [-0.25, -0.2) is 9.50 Å². The molecule has 4 rings (SSSR count). The number of aliphatic hydroxyl groups excluding tert-OH is 1. The highest BCUT2D eigenvalue weighted by molar-refractivity contribution is 6.00. The topological polar surface area (TPSA) is 98.4 Å². The van der Waals surface area contributed by atoms with Crippen molar-refractivity contribution in [3.8, 4) is 22.8 Å². The second-order valence-corrected chi connectivity index (χ2v) is 7.70. The van der Waals surface area contributed by atoms with Crippen molar-refractivity contribution in [1.29, 1.82) is 0 Å². The first-order valence-corrected chi connectivity index (χ1v) is 10.4. The Labute approximate surface area is 192 Å². The van der Waals surface area contributed by atoms with Gasteiger partial charge in [0.1, 0.15) is 5.56 Å². The number of aliphatic hydroxyl groups is 1. The molecule has 1 aliphatic rings. The van der Waals surface area contributed by atoms with Crippen molar-refractivity contribution < 1.29 is 37.3 Å². The number of alkyl halides is 3. The molecule has 1 fully saturated rings. The molecule has 1 amide bonds. The van der Waals surface area contributed by atoms with Crippen LogP contribution in [0.15, 0.2) is 24.4 Å². The van der Waals surface area contributed by atoms with Crippen molar-refractivity contribution in [2.75, 3.05) is 40.5 Å². The van der Waals surface area contributed by atoms with Crippen molar-refractivity contribution in [3.05, 3.63) is 41.2 Å². The maximum Gasteiger partial charge on any atom is 0.433 e. The largest absolute Gasteiger partial charge is 0.493 e. The molecule has 1 aliphatic heterocycles. The lowest BCUT2D eigenvalue weighted by atomic mass is 10.0. The Hall–Kier alpha value is -3.38. The lowest BCUT2D eigenvalue weighted by molar-refractivity contribution is -0.142. The van der Waals surface area contributed by atoms with Crippen LogP contribution in [0.4, 0.5) is 13.2 Å². The second-order valence-electron chi connectivity index (χ2n) is 7.70. The Balaban J connectivity index is 1.93. The highest BCUT2D eigenvalue weighted by Crippen LogP contribution is 2.40. The van der Waals surface area contributed by atoms with Crippen LogP contribution >= 0.6 is 0 Å². The van der Waals surface area contributed by atoms with Gasteiger partial charge in [0.2, 0.25) is 0 Å². The van der Waals surface area contributed by atoms with Crippen molar-refractivity contribution >= 4 is 11.6 Å². The van der Waals surface area contributed by atoms with Crippen LogP contribution in [-0.4, -0.2) is 71.0 Å². The maximum absolute atomic E-state index is 14.0. The molecule has 1 N–H and O–H groups in total. The van der Waals surface area contributed by atoms with Gasteiger partial charge in [0.15, 0.2) is 22.8 Å². The number of benzene rings is 1. The molecule has 2 aromatic heterocycles. The van der Waals surface area contributed by atoms with Crippen LogP contribution in [0.3, 0.4) is 0 Å². The van der Waals surface area contributed by atoms with Crippen molar-refractivity contribution in [2.45, 2.75) is 19.2 Å². The third-order valence-electron chi connectivity index (χ3n) is 5.54. The number of rotatable bonds is 5. The molecule has 1 aromatic carbocycles. The minimum atomic E-state index is -4.77. The van der Waals surface area contributed by atoms with E-state index in [2.05, 4.69) is 10.1 Å². The van der Waals surface area contributed by atoms with Crippen LogP contribution in [0.25, 0.3) is 16.9 Å². The molecule has 3 aromatic rings. The molecule has 182 valence electrons. The molecule has 0 radical (unpaired) electrons. The summed E-state index contributed by atoms with van der Waals surface area (Å²) in [5.74, 6) is -0.0109. The van der Waals surface area contributed by atoms with Gasteiger partial charge in [-0.2, -0.15) is 18.3 Å². The summed E-state index contributed by atoms with van der Waals surface area (Å²) in [6.45, 7) is 2.80. The average Bonchev–Trinajstić information content (AvgIpc) is 3.25. The van der Waals surface area contributed by atoms with E-state index in [1.54, 1.807) is 0 Å². The fraction of sp³-hybridized carbons (Fsp3) is 0.409. The van der Waals surface area contributed by atoms with E-state index in [4.69, 9.17) is 14.2 Å². The van der Waals surface area contributed by atoms with Crippen molar-refractivity contribution in [3.63, 3.8) is 0 Å². The van der Waals surface area contributed by atoms with Crippen LogP contribution in [0, 0.1) is 0 Å². The monoisotopic (exact) mass is 480 g/mol. The third-order valence-corrected chi connectivity index (χ3v) is 5.54. The number of carbonyl (C=O) groups is 1. The minimum Gasteiger partial charge on any atom is -0.493 e. The van der Waals surface area contributed by atoms with E-state index < -0.39 is 23.9 Å². The maximum atomic E-state index is 14.0. The first-order chi connectivity index (χ1) is 16.2. The molecular formula is C22H23F3N4O5. The SMILES string of the molecule is COc1cc(-c2cc(C(F)(F)F)n3ncc(C(=O)N4CCOCC4)c3n2)cc(C(C)O)c1OC. The molecular weight excluding hydrogens is 457 g/mol. The number of methoxy groups -OCH3 is 2. The number of ether oxygens (including phenoxy) is 3. The van der Waals surface area contributed by atoms with Crippen molar-refractivity contribution in [1.82, 2.24) is 19.5 Å². The molecule has 0 bridgehead atoms. The van der Waals surface area contributed by atoms with E-state index in [1.165, 1.54) is 38.2 Å². The zero-order valence-electron chi connectivity index (χ0n) is 18.7. The number of carbonyl (C=O) groups excluding carboxylic acids is 1. The first kappa shape index (κ1) is 23.8. The zero-order chi connectivity index (χ0) is 24.6. The molecule has 0 aliphatic carbocycles. The van der Waals surface area contributed by atoms with Gasteiger partial charge < -0.3 is 24.2 Å². The summed E-state index contributed by atoms with van der Waals surface area (Å²) in [7, 11) is 2.77. The Kier molecular flexibility index (Phi) is 6.36.